The molecular weight excluding hydrogens is 398 g/mol. The lowest BCUT2D eigenvalue weighted by atomic mass is 10.0. The van der Waals surface area contributed by atoms with Crippen molar-refractivity contribution in [3.63, 3.8) is 0 Å². The maximum atomic E-state index is 13.4. The van der Waals surface area contributed by atoms with Crippen LogP contribution < -0.4 is 4.91 Å². The summed E-state index contributed by atoms with van der Waals surface area (Å²) in [5.41, 5.74) is 3.85. The highest BCUT2D eigenvalue weighted by Crippen LogP contribution is 2.19. The van der Waals surface area contributed by atoms with Gasteiger partial charge >= 0.3 is 5.91 Å². The first kappa shape index (κ1) is 20.3. The molecule has 1 aromatic heterocycles. The Morgan fingerprint density at radius 2 is 1.71 bits per heavy atom. The van der Waals surface area contributed by atoms with Gasteiger partial charge in [-0.25, -0.2) is 8.78 Å². The zero-order valence-corrected chi connectivity index (χ0v) is 16.6. The number of hydrogen-bond donors (Lipinski definition) is 1. The summed E-state index contributed by atoms with van der Waals surface area (Å²) in [5, 5.41) is 8.38. The Morgan fingerprint density at radius 3 is 2.55 bits per heavy atom. The van der Waals surface area contributed by atoms with Crippen LogP contribution in [-0.2, 0) is 12.8 Å². The molecule has 0 fully saturated rings. The Balaban J connectivity index is 1.38. The van der Waals surface area contributed by atoms with Crippen molar-refractivity contribution in [2.75, 3.05) is 6.54 Å². The van der Waals surface area contributed by atoms with Crippen LogP contribution in [0.15, 0.2) is 83.2 Å². The third-order valence-corrected chi connectivity index (χ3v) is 4.88. The highest BCUT2D eigenvalue weighted by Gasteiger charge is 2.11. The van der Waals surface area contributed by atoms with E-state index in [0.717, 1.165) is 27.6 Å². The van der Waals surface area contributed by atoms with Crippen LogP contribution in [0.25, 0.3) is 10.9 Å². The predicted octanol–water partition coefficient (Wildman–Crippen LogP) is 5.39. The molecule has 1 N–H and O–H groups in total. The molecule has 0 aliphatic carbocycles. The van der Waals surface area contributed by atoms with Crippen molar-refractivity contribution >= 4 is 16.8 Å². The monoisotopic (exact) mass is 417 g/mol. The first-order valence-corrected chi connectivity index (χ1v) is 9.79. The van der Waals surface area contributed by atoms with E-state index in [9.17, 15) is 13.6 Å². The minimum absolute atomic E-state index is 0.294. The molecule has 4 rings (SSSR count). The number of carbonyl (C=O) groups is 1. The number of aromatic nitrogens is 1. The minimum Gasteiger partial charge on any atom is -0.361 e. The number of H-pyrrole nitrogens is 1. The maximum Gasteiger partial charge on any atom is 0.360 e. The second-order valence-electron chi connectivity index (χ2n) is 7.12. The van der Waals surface area contributed by atoms with E-state index in [1.807, 2.05) is 18.3 Å². The van der Waals surface area contributed by atoms with Crippen molar-refractivity contribution in [3.05, 3.63) is 107 Å². The molecule has 0 spiro atoms. The van der Waals surface area contributed by atoms with Gasteiger partial charge in [0.05, 0.1) is 0 Å². The topological polar surface area (TPSA) is 71.7 Å². The molecule has 1 amide bonds. The number of amides is 1. The van der Waals surface area contributed by atoms with Crippen LogP contribution in [0.2, 0.25) is 0 Å². The number of aromatic amines is 1. The van der Waals surface area contributed by atoms with Crippen molar-refractivity contribution in [1.82, 2.24) is 9.90 Å². The number of fused-ring (bicyclic) bond motifs is 1. The summed E-state index contributed by atoms with van der Waals surface area (Å²) in [4.78, 5) is 19.0. The van der Waals surface area contributed by atoms with Crippen molar-refractivity contribution < 1.29 is 13.6 Å². The van der Waals surface area contributed by atoms with Crippen LogP contribution in [-0.4, -0.2) is 17.4 Å². The van der Waals surface area contributed by atoms with Crippen molar-refractivity contribution in [1.29, 1.82) is 0 Å². The van der Waals surface area contributed by atoms with Crippen LogP contribution in [0.1, 0.15) is 27.0 Å². The Bertz CT molecular complexity index is 1310. The lowest BCUT2D eigenvalue weighted by Crippen LogP contribution is -1.98. The zero-order chi connectivity index (χ0) is 21.6. The molecule has 0 aliphatic heterocycles. The van der Waals surface area contributed by atoms with Gasteiger partial charge in [0.1, 0.15) is 23.3 Å². The van der Waals surface area contributed by atoms with Gasteiger partial charge in [-0.05, 0) is 65.6 Å². The standard InChI is InChI=1S/C24H18F2N4O/c25-20-6-2-4-17(13-20)11-16-3-1-5-18(12-16)24(31)29-30-28-10-9-19-15-27-23-8-7-21(26)14-22(19)23/h1-8,12-15H,9-11H2/p+1. The summed E-state index contributed by atoms with van der Waals surface area (Å²) < 4.78 is 26.8. The Kier molecular flexibility index (Phi) is 6.05. The first-order chi connectivity index (χ1) is 15.1. The number of carbonyl (C=O) groups excluding carboxylic acids is 1. The van der Waals surface area contributed by atoms with Gasteiger partial charge in [-0.1, -0.05) is 24.3 Å². The predicted molar refractivity (Wildman–Crippen MR) is 114 cm³/mol. The van der Waals surface area contributed by atoms with E-state index >= 15 is 0 Å². The number of hydrogen-bond acceptors (Lipinski definition) is 2. The molecule has 5 nitrogen and oxygen atoms in total. The molecule has 154 valence electrons. The smallest absolute Gasteiger partial charge is 0.360 e. The van der Waals surface area contributed by atoms with Crippen LogP contribution >= 0.6 is 0 Å². The summed E-state index contributed by atoms with van der Waals surface area (Å²) in [6.45, 7) is 0.319. The molecular formula is C24H19F2N4O+. The summed E-state index contributed by atoms with van der Waals surface area (Å²) in [7, 11) is 0. The number of halogens is 2. The third kappa shape index (κ3) is 5.15. The number of nitrogens with zero attached hydrogens (tertiary/aromatic N) is 3. The second-order valence-corrected chi connectivity index (χ2v) is 7.12. The first-order valence-electron chi connectivity index (χ1n) is 9.79. The van der Waals surface area contributed by atoms with Crippen molar-refractivity contribution in [2.45, 2.75) is 12.8 Å². The summed E-state index contributed by atoms with van der Waals surface area (Å²) in [6, 6.07) is 17.9. The minimum atomic E-state index is -0.501. The van der Waals surface area contributed by atoms with Gasteiger partial charge in [-0.2, -0.15) is 0 Å². The van der Waals surface area contributed by atoms with Crippen LogP contribution in [0.4, 0.5) is 8.78 Å². The average Bonchev–Trinajstić information content (AvgIpc) is 3.15. The highest BCUT2D eigenvalue weighted by atomic mass is 19.1. The number of benzene rings is 3. The zero-order valence-electron chi connectivity index (χ0n) is 16.6. The van der Waals surface area contributed by atoms with E-state index in [1.165, 1.54) is 24.3 Å². The highest BCUT2D eigenvalue weighted by molar-refractivity contribution is 5.94. The molecule has 0 radical (unpaired) electrons. The normalized spacial score (nSPS) is 10.6. The Labute approximate surface area is 177 Å². The third-order valence-electron chi connectivity index (χ3n) is 4.88. The van der Waals surface area contributed by atoms with Gasteiger partial charge in [0.2, 0.25) is 10.0 Å². The lowest BCUT2D eigenvalue weighted by Gasteiger charge is -2.03. The Morgan fingerprint density at radius 1 is 0.935 bits per heavy atom. The van der Waals surface area contributed by atoms with Gasteiger partial charge in [0.15, 0.2) is 0 Å². The SMILES string of the molecule is O=C(N=[N+]=NCCc1c[nH]c2ccc(F)cc12)c1cccc(Cc2cccc(F)c2)c1. The fourth-order valence-electron chi connectivity index (χ4n) is 3.40. The number of rotatable bonds is 6. The lowest BCUT2D eigenvalue weighted by molar-refractivity contribution is 0.0992. The molecule has 0 atom stereocenters. The van der Waals surface area contributed by atoms with Gasteiger partial charge in [-0.15, -0.1) is 0 Å². The van der Waals surface area contributed by atoms with Crippen molar-refractivity contribution in [3.8, 4) is 0 Å². The molecule has 0 saturated carbocycles. The molecule has 0 aliphatic rings. The average molecular weight is 417 g/mol. The number of nitrogens with one attached hydrogen (secondary N) is 1. The van der Waals surface area contributed by atoms with E-state index < -0.39 is 5.91 Å². The molecule has 7 heteroatoms. The van der Waals surface area contributed by atoms with Gasteiger partial charge in [0.25, 0.3) is 0 Å². The molecule has 31 heavy (non-hydrogen) atoms. The maximum absolute atomic E-state index is 13.4. The fraction of sp³-hybridized carbons (Fsp3) is 0.125. The quantitative estimate of drug-likeness (QED) is 0.332. The van der Waals surface area contributed by atoms with Gasteiger partial charge < -0.3 is 4.98 Å². The van der Waals surface area contributed by atoms with Gasteiger partial charge in [-0.3, -0.25) is 4.79 Å². The Hall–Kier alpha value is -3.96. The molecule has 4 aromatic rings. The van der Waals surface area contributed by atoms with E-state index in [2.05, 4.69) is 20.1 Å². The van der Waals surface area contributed by atoms with Gasteiger partial charge in [0, 0.05) is 29.1 Å². The van der Waals surface area contributed by atoms with E-state index in [0.29, 0.717) is 24.9 Å². The van der Waals surface area contributed by atoms with Crippen LogP contribution in [0.5, 0.6) is 0 Å². The second kappa shape index (κ2) is 9.24. The molecule has 0 unspecified atom stereocenters. The molecule has 1 heterocycles. The summed E-state index contributed by atoms with van der Waals surface area (Å²) in [6.07, 6.45) is 2.86. The molecule has 0 bridgehead atoms. The summed E-state index contributed by atoms with van der Waals surface area (Å²) >= 11 is 0. The fourth-order valence-corrected chi connectivity index (χ4v) is 3.40. The van der Waals surface area contributed by atoms with E-state index in [4.69, 9.17) is 0 Å². The van der Waals surface area contributed by atoms with Crippen molar-refractivity contribution in [2.24, 2.45) is 10.2 Å². The molecule has 0 saturated heterocycles. The largest absolute Gasteiger partial charge is 0.361 e. The summed E-state index contributed by atoms with van der Waals surface area (Å²) in [5.74, 6) is -1.09. The van der Waals surface area contributed by atoms with E-state index in [-0.39, 0.29) is 11.6 Å². The van der Waals surface area contributed by atoms with E-state index in [1.54, 1.807) is 30.3 Å². The molecule has 3 aromatic carbocycles. The van der Waals surface area contributed by atoms with Crippen LogP contribution in [0, 0.1) is 11.6 Å². The van der Waals surface area contributed by atoms with Crippen LogP contribution in [0.3, 0.4) is 0 Å².